The molecular formula is H12CrO10P. The van der Waals surface area contributed by atoms with E-state index in [1.54, 1.807) is 0 Å². The number of phosphoric acid groups is 1. The van der Waals surface area contributed by atoms with E-state index in [-0.39, 0.29) is 50.2 Å². The standard InChI is InChI=1S/Cr.H3O4P.6H2O/c;1-5(2,3)4;;;;;;/h;(H3,1,2,3,4);6*1H2/q+3;;;;;;;/p-3. The minimum atomic E-state index is -5.39. The van der Waals surface area contributed by atoms with E-state index < -0.39 is 7.82 Å². The molecule has 0 atom stereocenters. The van der Waals surface area contributed by atoms with Crippen LogP contribution in [-0.4, -0.2) is 32.9 Å². The fourth-order valence-corrected chi connectivity index (χ4v) is 0. The summed E-state index contributed by atoms with van der Waals surface area (Å²) in [7, 11) is -5.39. The second-order valence-corrected chi connectivity index (χ2v) is 1.34. The molecule has 0 aliphatic carbocycles. The van der Waals surface area contributed by atoms with Gasteiger partial charge in [-0.05, 0) is 0 Å². The van der Waals surface area contributed by atoms with E-state index in [9.17, 15) is 0 Å². The molecule has 0 heterocycles. The average molecular weight is 255 g/mol. The van der Waals surface area contributed by atoms with Gasteiger partial charge in [0.05, 0.1) is 0 Å². The molecule has 0 amide bonds. The van der Waals surface area contributed by atoms with Gasteiger partial charge in [0, 0.05) is 0 Å². The van der Waals surface area contributed by atoms with Crippen molar-refractivity contribution in [3.05, 3.63) is 0 Å². The van der Waals surface area contributed by atoms with Crippen LogP contribution in [-0.2, 0) is 21.9 Å². The summed E-state index contributed by atoms with van der Waals surface area (Å²) in [4.78, 5) is 25.6. The molecule has 0 saturated heterocycles. The molecule has 1 radical (unpaired) electrons. The summed E-state index contributed by atoms with van der Waals surface area (Å²) < 4.78 is 8.55. The molecule has 83 valence electrons. The fraction of sp³-hybridized carbons (Fsp3) is 0. The topological polar surface area (TPSA) is 275 Å². The Morgan fingerprint density at radius 1 is 0.667 bits per heavy atom. The van der Waals surface area contributed by atoms with Crippen molar-refractivity contribution in [2.24, 2.45) is 0 Å². The van der Waals surface area contributed by atoms with E-state index in [1.165, 1.54) is 0 Å². The van der Waals surface area contributed by atoms with E-state index in [2.05, 4.69) is 0 Å². The molecule has 0 aromatic carbocycles. The summed E-state index contributed by atoms with van der Waals surface area (Å²) in [5, 5.41) is 0. The zero-order valence-corrected chi connectivity index (χ0v) is 7.66. The van der Waals surface area contributed by atoms with E-state index in [0.717, 1.165) is 0 Å². The van der Waals surface area contributed by atoms with Crippen molar-refractivity contribution in [3.8, 4) is 0 Å². The van der Waals surface area contributed by atoms with Crippen LogP contribution >= 0.6 is 7.82 Å². The maximum Gasteiger partial charge on any atom is 3.00 e. The second-order valence-electron chi connectivity index (χ2n) is 0.447. The number of hydrogen-bond donors (Lipinski definition) is 0. The summed E-state index contributed by atoms with van der Waals surface area (Å²) in [6.07, 6.45) is 0. The molecule has 0 unspecified atom stereocenters. The minimum Gasteiger partial charge on any atom is -0.822 e. The van der Waals surface area contributed by atoms with Crippen molar-refractivity contribution >= 4 is 7.82 Å². The summed E-state index contributed by atoms with van der Waals surface area (Å²) in [5.74, 6) is 0. The zero-order valence-electron chi connectivity index (χ0n) is 5.49. The Hall–Kier alpha value is 0.402. The average Bonchev–Trinajstić information content (AvgIpc) is 0.722. The molecule has 12 heavy (non-hydrogen) atoms. The van der Waals surface area contributed by atoms with Crippen LogP contribution in [0.3, 0.4) is 0 Å². The van der Waals surface area contributed by atoms with Gasteiger partial charge in [-0.2, -0.15) is 7.82 Å². The first kappa shape index (κ1) is 83.2. The molecule has 0 spiro atoms. The SMILES string of the molecule is O.O.O.O.O.O.O=P([O-])([O-])[O-].[Cr+3]. The molecule has 0 rings (SSSR count). The summed E-state index contributed by atoms with van der Waals surface area (Å²) >= 11 is 0. The first-order valence-electron chi connectivity index (χ1n) is 0.730. The fourth-order valence-electron chi connectivity index (χ4n) is 0. The molecule has 12 N–H and O–H groups in total. The quantitative estimate of drug-likeness (QED) is 0.380. The minimum absolute atomic E-state index is 0. The number of hydrogen-bond acceptors (Lipinski definition) is 4. The second kappa shape index (κ2) is 30.1. The van der Waals surface area contributed by atoms with E-state index in [0.29, 0.717) is 0 Å². The van der Waals surface area contributed by atoms with E-state index in [1.807, 2.05) is 0 Å². The Labute approximate surface area is 78.1 Å². The largest absolute Gasteiger partial charge is 3.00 e. The van der Waals surface area contributed by atoms with Crippen LogP contribution < -0.4 is 14.7 Å². The van der Waals surface area contributed by atoms with Gasteiger partial charge in [-0.1, -0.05) is 0 Å². The Morgan fingerprint density at radius 2 is 0.667 bits per heavy atom. The number of rotatable bonds is 0. The van der Waals surface area contributed by atoms with Crippen molar-refractivity contribution in [3.63, 3.8) is 0 Å². The predicted molar refractivity (Wildman–Crippen MR) is 29.3 cm³/mol. The maximum atomic E-state index is 8.55. The van der Waals surface area contributed by atoms with Gasteiger partial charge in [0.2, 0.25) is 0 Å². The Morgan fingerprint density at radius 3 is 0.667 bits per heavy atom. The Balaban J connectivity index is -0.00000000381. The van der Waals surface area contributed by atoms with Crippen LogP contribution in [0.1, 0.15) is 0 Å². The molecule has 0 aromatic heterocycles. The Bertz CT molecular complexity index is 56.0. The van der Waals surface area contributed by atoms with Gasteiger partial charge < -0.3 is 52.1 Å². The van der Waals surface area contributed by atoms with Crippen molar-refractivity contribution < 1.29 is 69.5 Å². The van der Waals surface area contributed by atoms with Crippen LogP contribution in [0, 0.1) is 0 Å². The molecule has 12 heteroatoms. The molecular weight excluding hydrogens is 243 g/mol. The van der Waals surface area contributed by atoms with Crippen molar-refractivity contribution in [1.29, 1.82) is 0 Å². The van der Waals surface area contributed by atoms with Gasteiger partial charge >= 0.3 is 17.4 Å². The molecule has 0 aromatic rings. The summed E-state index contributed by atoms with van der Waals surface area (Å²) in [5.41, 5.74) is 0. The monoisotopic (exact) mass is 255 g/mol. The van der Waals surface area contributed by atoms with Crippen LogP contribution in [0.2, 0.25) is 0 Å². The van der Waals surface area contributed by atoms with Crippen LogP contribution in [0.25, 0.3) is 0 Å². The third-order valence-corrected chi connectivity index (χ3v) is 0. The van der Waals surface area contributed by atoms with E-state index >= 15 is 0 Å². The normalized spacial score (nSPS) is 4.92. The zero-order chi connectivity index (χ0) is 4.50. The van der Waals surface area contributed by atoms with Crippen LogP contribution in [0.4, 0.5) is 0 Å². The van der Waals surface area contributed by atoms with Gasteiger partial charge in [0.15, 0.2) is 0 Å². The Kier molecular flexibility index (Phi) is 209. The van der Waals surface area contributed by atoms with Gasteiger partial charge in [-0.25, -0.2) is 0 Å². The smallest absolute Gasteiger partial charge is 0.822 e. The van der Waals surface area contributed by atoms with Crippen LogP contribution in [0.5, 0.6) is 0 Å². The first-order chi connectivity index (χ1) is 2.00. The molecule has 10 nitrogen and oxygen atoms in total. The summed E-state index contributed by atoms with van der Waals surface area (Å²) in [6.45, 7) is 0. The van der Waals surface area contributed by atoms with Gasteiger partial charge in [0.1, 0.15) is 0 Å². The summed E-state index contributed by atoms with van der Waals surface area (Å²) in [6, 6.07) is 0. The molecule has 0 fully saturated rings. The maximum absolute atomic E-state index is 8.55. The van der Waals surface area contributed by atoms with Gasteiger partial charge in [-0.15, -0.1) is 0 Å². The van der Waals surface area contributed by atoms with Crippen LogP contribution in [0.15, 0.2) is 0 Å². The first-order valence-corrected chi connectivity index (χ1v) is 2.19. The van der Waals surface area contributed by atoms with Crippen molar-refractivity contribution in [2.75, 3.05) is 0 Å². The predicted octanol–water partition coefficient (Wildman–Crippen LogP) is -7.78. The third kappa shape index (κ3) is 5680. The van der Waals surface area contributed by atoms with E-state index in [4.69, 9.17) is 19.2 Å². The molecule has 0 aliphatic heterocycles. The van der Waals surface area contributed by atoms with Gasteiger partial charge in [-0.3, -0.25) is 0 Å². The van der Waals surface area contributed by atoms with Crippen molar-refractivity contribution in [2.45, 2.75) is 0 Å². The molecule has 0 aliphatic rings. The van der Waals surface area contributed by atoms with Gasteiger partial charge in [0.25, 0.3) is 0 Å². The molecule has 0 saturated carbocycles. The van der Waals surface area contributed by atoms with Crippen molar-refractivity contribution in [1.82, 2.24) is 0 Å². The molecule has 0 bridgehead atoms. The third-order valence-electron chi connectivity index (χ3n) is 0.